The third kappa shape index (κ3) is 10.6. The summed E-state index contributed by atoms with van der Waals surface area (Å²) in [6, 6.07) is 11.7. The van der Waals surface area contributed by atoms with Crippen LogP contribution in [0.1, 0.15) is 87.2 Å². The van der Waals surface area contributed by atoms with Crippen LogP contribution in [0.2, 0.25) is 5.02 Å². The predicted octanol–water partition coefficient (Wildman–Crippen LogP) is 6.96. The number of nitrogens with zero attached hydrogens (tertiary/aromatic N) is 2. The Kier molecular flexibility index (Phi) is 13.9. The number of hydrogen-bond acceptors (Lipinski definition) is 8. The molecule has 9 nitrogen and oxygen atoms in total. The summed E-state index contributed by atoms with van der Waals surface area (Å²) < 4.78 is 47.3. The maximum atomic E-state index is 13.5. The van der Waals surface area contributed by atoms with Gasteiger partial charge in [0.15, 0.2) is 6.29 Å². The van der Waals surface area contributed by atoms with Crippen LogP contribution < -0.4 is 14.4 Å². The molecule has 2 aliphatic heterocycles. The normalized spacial score (nSPS) is 24.4. The number of anilines is 1. The van der Waals surface area contributed by atoms with E-state index in [0.29, 0.717) is 43.0 Å². The van der Waals surface area contributed by atoms with Crippen LogP contribution in [0.5, 0.6) is 5.75 Å². The van der Waals surface area contributed by atoms with Gasteiger partial charge in [-0.25, -0.2) is 13.1 Å². The van der Waals surface area contributed by atoms with Gasteiger partial charge in [0, 0.05) is 36.5 Å². The molecule has 0 aromatic heterocycles. The van der Waals surface area contributed by atoms with E-state index in [1.807, 2.05) is 25.1 Å². The molecule has 278 valence electrons. The molecule has 2 aromatic rings. The molecule has 50 heavy (non-hydrogen) atoms. The summed E-state index contributed by atoms with van der Waals surface area (Å²) >= 11 is 6.38. The van der Waals surface area contributed by atoms with E-state index in [1.54, 1.807) is 6.07 Å². The summed E-state index contributed by atoms with van der Waals surface area (Å²) in [6.07, 6.45) is 8.49. The summed E-state index contributed by atoms with van der Waals surface area (Å²) in [4.78, 5) is 18.0. The highest BCUT2D eigenvalue weighted by Gasteiger charge is 2.37. The van der Waals surface area contributed by atoms with E-state index in [0.717, 1.165) is 81.6 Å². The van der Waals surface area contributed by atoms with Crippen molar-refractivity contribution in [3.63, 3.8) is 0 Å². The van der Waals surface area contributed by atoms with E-state index in [4.69, 9.17) is 25.8 Å². The van der Waals surface area contributed by atoms with Crippen molar-refractivity contribution in [2.45, 2.75) is 90.9 Å². The molecule has 1 saturated carbocycles. The number of hydrogen-bond donors (Lipinski definition) is 1. The number of rotatable bonds is 12. The largest absolute Gasteiger partial charge is 0.491 e. The van der Waals surface area contributed by atoms with Gasteiger partial charge in [0.1, 0.15) is 5.75 Å². The minimum absolute atomic E-state index is 0.0592. The first-order valence-electron chi connectivity index (χ1n) is 18.7. The maximum absolute atomic E-state index is 13.5. The number of aryl methyl sites for hydroxylation is 1. The number of halogens is 1. The molecule has 2 heterocycles. The summed E-state index contributed by atoms with van der Waals surface area (Å²) in [6.45, 7) is 9.53. The number of ether oxygens (including phenoxy) is 3. The zero-order chi connectivity index (χ0) is 35.8. The van der Waals surface area contributed by atoms with Gasteiger partial charge < -0.3 is 24.0 Å². The molecule has 1 amide bonds. The molecule has 2 fully saturated rings. The van der Waals surface area contributed by atoms with Crippen molar-refractivity contribution < 1.29 is 27.4 Å². The molecule has 4 atom stereocenters. The van der Waals surface area contributed by atoms with Crippen molar-refractivity contribution in [1.29, 1.82) is 0 Å². The van der Waals surface area contributed by atoms with E-state index in [9.17, 15) is 13.2 Å². The number of carbonyl (C=O) groups excluding carboxylic acids is 1. The zero-order valence-electron chi connectivity index (χ0n) is 30.7. The summed E-state index contributed by atoms with van der Waals surface area (Å²) in [7, 11) is 0.289. The van der Waals surface area contributed by atoms with E-state index in [2.05, 4.69) is 54.6 Å². The van der Waals surface area contributed by atoms with E-state index in [-0.39, 0.29) is 29.9 Å². The Bertz CT molecular complexity index is 1530. The van der Waals surface area contributed by atoms with Crippen LogP contribution in [0.25, 0.3) is 0 Å². The number of fused-ring (bicyclic) bond motifs is 2. The quantitative estimate of drug-likeness (QED) is 0.251. The van der Waals surface area contributed by atoms with Crippen LogP contribution in [-0.4, -0.2) is 84.3 Å². The topological polar surface area (TPSA) is 97.4 Å². The summed E-state index contributed by atoms with van der Waals surface area (Å²) in [5.41, 5.74) is 3.65. The minimum atomic E-state index is -3.81. The Morgan fingerprint density at radius 1 is 1.00 bits per heavy atom. The van der Waals surface area contributed by atoms with E-state index < -0.39 is 15.9 Å². The summed E-state index contributed by atoms with van der Waals surface area (Å²) in [5, 5.41) is 0.751. The summed E-state index contributed by atoms with van der Waals surface area (Å²) in [5.74, 6) is 1.12. The molecule has 2 aromatic carbocycles. The molecular formula is C39H58ClN3O6S. The number of sulfonamides is 1. The molecule has 1 saturated heterocycles. The number of carbonyl (C=O) groups is 1. The lowest BCUT2D eigenvalue weighted by Gasteiger charge is -2.43. The van der Waals surface area contributed by atoms with E-state index >= 15 is 0 Å². The standard InChI is InChI=1S/C39H58ClN3O6S/c1-6-9-27(2)28(3)26-50(45,46)41-39(44)32-14-16-37-36(21-32)43(18-8-7-10-30-20-34(40)15-13-29(30)17-19-47-37)23-33-12-11-31(33)22-38-48-24-35(25-49-38)42(4)5/h13-16,20-21,27-28,31,33,35,38H,6-12,17-19,22-26H2,1-5H3,(H,41,44)/t27-,28+,31-,33-,35-,38+/m0/s1. The third-order valence-corrected chi connectivity index (χ3v) is 12.8. The molecule has 11 heteroatoms. The van der Waals surface area contributed by atoms with Gasteiger partial charge in [-0.1, -0.05) is 51.3 Å². The lowest BCUT2D eigenvalue weighted by Crippen LogP contribution is -2.46. The lowest BCUT2D eigenvalue weighted by molar-refractivity contribution is -0.212. The smallest absolute Gasteiger partial charge is 0.264 e. The number of nitrogens with one attached hydrogen (secondary N) is 1. The first-order valence-corrected chi connectivity index (χ1v) is 20.7. The fourth-order valence-corrected chi connectivity index (χ4v) is 9.18. The second kappa shape index (κ2) is 17.9. The molecule has 5 rings (SSSR count). The van der Waals surface area contributed by atoms with Gasteiger partial charge in [-0.05, 0) is 111 Å². The molecule has 1 aliphatic carbocycles. The first-order chi connectivity index (χ1) is 23.9. The van der Waals surface area contributed by atoms with Crippen LogP contribution in [0.3, 0.4) is 0 Å². The molecule has 0 radical (unpaired) electrons. The van der Waals surface area contributed by atoms with Crippen molar-refractivity contribution in [2.75, 3.05) is 57.7 Å². The highest BCUT2D eigenvalue weighted by atomic mass is 35.5. The average Bonchev–Trinajstić information content (AvgIpc) is 3.06. The van der Waals surface area contributed by atoms with Crippen LogP contribution >= 0.6 is 11.6 Å². The van der Waals surface area contributed by atoms with Gasteiger partial charge in [-0.2, -0.15) is 0 Å². The Balaban J connectivity index is 1.35. The van der Waals surface area contributed by atoms with Crippen molar-refractivity contribution in [3.05, 3.63) is 58.1 Å². The Morgan fingerprint density at radius 3 is 2.46 bits per heavy atom. The van der Waals surface area contributed by atoms with Crippen molar-refractivity contribution >= 4 is 33.2 Å². The molecule has 0 unspecified atom stereocenters. The molecule has 1 N–H and O–H groups in total. The number of likely N-dealkylation sites (N-methyl/N-ethyl adjacent to an activating group) is 1. The van der Waals surface area contributed by atoms with Crippen molar-refractivity contribution in [3.8, 4) is 5.75 Å². The van der Waals surface area contributed by atoms with Gasteiger partial charge in [-0.15, -0.1) is 0 Å². The highest BCUT2D eigenvalue weighted by Crippen LogP contribution is 2.41. The molecular weight excluding hydrogens is 674 g/mol. The SMILES string of the molecule is CCC[C@H](C)[C@H](C)CS(=O)(=O)NC(=O)c1ccc2c(c1)N(C[C@@H]1CC[C@H]1C[C@H]1OC[C@@H](N(C)C)CO1)CCCCc1cc(Cl)ccc1CCO2. The number of amides is 1. The third-order valence-electron chi connectivity index (χ3n) is 11.1. The maximum Gasteiger partial charge on any atom is 0.264 e. The van der Waals surface area contributed by atoms with Gasteiger partial charge in [0.05, 0.1) is 37.3 Å². The highest BCUT2D eigenvalue weighted by molar-refractivity contribution is 7.90. The first kappa shape index (κ1) is 38.9. The van der Waals surface area contributed by atoms with Crippen molar-refractivity contribution in [1.82, 2.24) is 9.62 Å². The molecule has 0 spiro atoms. The van der Waals surface area contributed by atoms with Crippen LogP contribution in [0, 0.1) is 23.7 Å². The van der Waals surface area contributed by atoms with Gasteiger partial charge in [0.25, 0.3) is 5.91 Å². The molecule has 3 aliphatic rings. The molecule has 0 bridgehead atoms. The Morgan fingerprint density at radius 2 is 1.76 bits per heavy atom. The fraction of sp³-hybridized carbons (Fsp3) is 0.667. The van der Waals surface area contributed by atoms with E-state index in [1.165, 1.54) is 11.1 Å². The van der Waals surface area contributed by atoms with Crippen LogP contribution in [0.4, 0.5) is 5.69 Å². The fourth-order valence-electron chi connectivity index (χ4n) is 7.48. The minimum Gasteiger partial charge on any atom is -0.491 e. The monoisotopic (exact) mass is 731 g/mol. The Hall–Kier alpha value is -2.37. The lowest BCUT2D eigenvalue weighted by atomic mass is 9.71. The second-order valence-corrected chi connectivity index (χ2v) is 17.3. The van der Waals surface area contributed by atoms with Gasteiger partial charge >= 0.3 is 0 Å². The van der Waals surface area contributed by atoms with Gasteiger partial charge in [0.2, 0.25) is 10.0 Å². The van der Waals surface area contributed by atoms with Gasteiger partial charge in [-0.3, -0.25) is 4.79 Å². The number of benzene rings is 2. The van der Waals surface area contributed by atoms with Crippen LogP contribution in [-0.2, 0) is 32.3 Å². The van der Waals surface area contributed by atoms with Crippen LogP contribution in [0.15, 0.2) is 36.4 Å². The average molecular weight is 732 g/mol. The van der Waals surface area contributed by atoms with Crippen molar-refractivity contribution in [2.24, 2.45) is 23.7 Å². The zero-order valence-corrected chi connectivity index (χ0v) is 32.2. The Labute approximate surface area is 305 Å². The second-order valence-electron chi connectivity index (χ2n) is 15.1. The predicted molar refractivity (Wildman–Crippen MR) is 201 cm³/mol.